The van der Waals surface area contributed by atoms with Gasteiger partial charge in [0.15, 0.2) is 5.82 Å². The highest BCUT2D eigenvalue weighted by Crippen LogP contribution is 2.38. The number of aromatic nitrogens is 4. The molecule has 0 saturated heterocycles. The van der Waals surface area contributed by atoms with E-state index in [0.717, 1.165) is 12.2 Å². The second kappa shape index (κ2) is 5.27. The van der Waals surface area contributed by atoms with Crippen molar-refractivity contribution in [3.8, 4) is 0 Å². The molecule has 1 aliphatic carbocycles. The number of aliphatic carboxylic acids is 1. The van der Waals surface area contributed by atoms with Gasteiger partial charge in [0.25, 0.3) is 0 Å². The molecule has 1 fully saturated rings. The average Bonchev–Trinajstić information content (AvgIpc) is 2.97. The number of tetrazole rings is 1. The van der Waals surface area contributed by atoms with E-state index in [4.69, 9.17) is 0 Å². The van der Waals surface area contributed by atoms with Gasteiger partial charge in [-0.3, -0.25) is 4.79 Å². The van der Waals surface area contributed by atoms with Crippen LogP contribution in [0.5, 0.6) is 0 Å². The number of carbonyl (C=O) groups is 1. The molecular weight excluding hydrogens is 244 g/mol. The summed E-state index contributed by atoms with van der Waals surface area (Å²) in [6.45, 7) is 6.19. The molecule has 1 saturated carbocycles. The summed E-state index contributed by atoms with van der Waals surface area (Å²) >= 11 is 0. The first-order chi connectivity index (χ1) is 8.98. The fraction of sp³-hybridized carbons (Fsp3) is 0.846. The minimum atomic E-state index is -0.814. The lowest BCUT2D eigenvalue weighted by Crippen LogP contribution is -2.33. The normalized spacial score (nSPS) is 26.3. The summed E-state index contributed by atoms with van der Waals surface area (Å²) in [7, 11) is 0. The largest absolute Gasteiger partial charge is 0.481 e. The molecule has 3 atom stereocenters. The zero-order valence-electron chi connectivity index (χ0n) is 11.8. The molecule has 1 aliphatic rings. The molecule has 19 heavy (non-hydrogen) atoms. The van der Waals surface area contributed by atoms with Gasteiger partial charge in [0, 0.05) is 5.92 Å². The van der Waals surface area contributed by atoms with E-state index in [1.807, 2.05) is 6.92 Å². The Morgan fingerprint density at radius 3 is 2.79 bits per heavy atom. The minimum absolute atomic E-state index is 0.338. The molecule has 0 radical (unpaired) electrons. The van der Waals surface area contributed by atoms with E-state index >= 15 is 0 Å². The SMILES string of the molecule is CCC(C)(Cn1nnnc1C1CCCC1C)C(=O)O. The monoisotopic (exact) mass is 266 g/mol. The molecule has 6 heteroatoms. The number of hydrogen-bond donors (Lipinski definition) is 1. The number of carboxylic acids is 1. The molecule has 0 aliphatic heterocycles. The van der Waals surface area contributed by atoms with Gasteiger partial charge in [-0.15, -0.1) is 5.10 Å². The molecule has 0 aromatic carbocycles. The van der Waals surface area contributed by atoms with Crippen molar-refractivity contribution in [1.82, 2.24) is 20.2 Å². The highest BCUT2D eigenvalue weighted by Gasteiger charge is 2.35. The fourth-order valence-corrected chi connectivity index (χ4v) is 2.78. The Labute approximate surface area is 113 Å². The lowest BCUT2D eigenvalue weighted by molar-refractivity contribution is -0.149. The molecule has 1 N–H and O–H groups in total. The molecule has 2 rings (SSSR count). The van der Waals surface area contributed by atoms with Crippen molar-refractivity contribution in [2.24, 2.45) is 11.3 Å². The maximum absolute atomic E-state index is 11.4. The first kappa shape index (κ1) is 14.0. The van der Waals surface area contributed by atoms with Crippen molar-refractivity contribution in [3.05, 3.63) is 5.82 Å². The molecule has 1 aromatic rings. The fourth-order valence-electron chi connectivity index (χ4n) is 2.78. The molecular formula is C13H22N4O2. The third-order valence-electron chi connectivity index (χ3n) is 4.55. The van der Waals surface area contributed by atoms with E-state index in [2.05, 4.69) is 22.4 Å². The standard InChI is InChI=1S/C13H22N4O2/c1-4-13(3,12(18)19)8-17-11(14-15-16-17)10-7-5-6-9(10)2/h9-10H,4-8H2,1-3H3,(H,18,19). The summed E-state index contributed by atoms with van der Waals surface area (Å²) in [5.74, 6) is 0.995. The Balaban J connectivity index is 2.22. The van der Waals surface area contributed by atoms with Crippen LogP contribution in [0.4, 0.5) is 0 Å². The van der Waals surface area contributed by atoms with E-state index in [1.54, 1.807) is 11.6 Å². The Hall–Kier alpha value is -1.46. The number of nitrogens with zero attached hydrogens (tertiary/aromatic N) is 4. The van der Waals surface area contributed by atoms with Crippen LogP contribution in [0.2, 0.25) is 0 Å². The second-order valence-electron chi connectivity index (χ2n) is 5.93. The van der Waals surface area contributed by atoms with Crippen molar-refractivity contribution in [3.63, 3.8) is 0 Å². The van der Waals surface area contributed by atoms with E-state index < -0.39 is 11.4 Å². The Morgan fingerprint density at radius 1 is 1.53 bits per heavy atom. The van der Waals surface area contributed by atoms with Crippen LogP contribution >= 0.6 is 0 Å². The minimum Gasteiger partial charge on any atom is -0.481 e. The third-order valence-corrected chi connectivity index (χ3v) is 4.55. The van der Waals surface area contributed by atoms with E-state index in [1.165, 1.54) is 12.8 Å². The predicted molar refractivity (Wildman–Crippen MR) is 69.6 cm³/mol. The maximum atomic E-state index is 11.4. The van der Waals surface area contributed by atoms with Crippen molar-refractivity contribution >= 4 is 5.97 Å². The Morgan fingerprint density at radius 2 is 2.26 bits per heavy atom. The predicted octanol–water partition coefficient (Wildman–Crippen LogP) is 2.08. The van der Waals surface area contributed by atoms with Gasteiger partial charge in [-0.1, -0.05) is 20.3 Å². The summed E-state index contributed by atoms with van der Waals surface area (Å²) in [6.07, 6.45) is 4.05. The molecule has 3 unspecified atom stereocenters. The van der Waals surface area contributed by atoms with Crippen molar-refractivity contribution in [2.75, 3.05) is 0 Å². The molecule has 6 nitrogen and oxygen atoms in total. The van der Waals surface area contributed by atoms with Crippen LogP contribution < -0.4 is 0 Å². The summed E-state index contributed by atoms with van der Waals surface area (Å²) in [5, 5.41) is 21.2. The molecule has 0 spiro atoms. The lowest BCUT2D eigenvalue weighted by Gasteiger charge is -2.24. The smallest absolute Gasteiger partial charge is 0.311 e. The van der Waals surface area contributed by atoms with Crippen molar-refractivity contribution in [2.45, 2.75) is 58.9 Å². The van der Waals surface area contributed by atoms with Gasteiger partial charge in [-0.2, -0.15) is 0 Å². The van der Waals surface area contributed by atoms with Crippen LogP contribution in [0, 0.1) is 11.3 Å². The van der Waals surface area contributed by atoms with Crippen LogP contribution in [-0.4, -0.2) is 31.3 Å². The van der Waals surface area contributed by atoms with E-state index in [0.29, 0.717) is 24.8 Å². The zero-order valence-corrected chi connectivity index (χ0v) is 11.8. The highest BCUT2D eigenvalue weighted by atomic mass is 16.4. The topological polar surface area (TPSA) is 80.9 Å². The quantitative estimate of drug-likeness (QED) is 0.882. The number of rotatable bonds is 5. The van der Waals surface area contributed by atoms with Crippen molar-refractivity contribution in [1.29, 1.82) is 0 Å². The number of carboxylic acid groups (broad SMARTS) is 1. The van der Waals surface area contributed by atoms with E-state index in [-0.39, 0.29) is 0 Å². The summed E-state index contributed by atoms with van der Waals surface area (Å²) < 4.78 is 1.70. The van der Waals surface area contributed by atoms with Gasteiger partial charge < -0.3 is 5.11 Å². The van der Waals surface area contributed by atoms with Gasteiger partial charge in [0.05, 0.1) is 12.0 Å². The van der Waals surface area contributed by atoms with Gasteiger partial charge >= 0.3 is 5.97 Å². The zero-order chi connectivity index (χ0) is 14.0. The summed E-state index contributed by atoms with van der Waals surface area (Å²) in [4.78, 5) is 11.4. The van der Waals surface area contributed by atoms with Gasteiger partial charge in [0.2, 0.25) is 0 Å². The highest BCUT2D eigenvalue weighted by molar-refractivity contribution is 5.73. The molecule has 0 amide bonds. The van der Waals surface area contributed by atoms with Crippen LogP contribution in [-0.2, 0) is 11.3 Å². The van der Waals surface area contributed by atoms with Crippen LogP contribution in [0.1, 0.15) is 58.2 Å². The van der Waals surface area contributed by atoms with Gasteiger partial charge in [0.1, 0.15) is 0 Å². The number of hydrogen-bond acceptors (Lipinski definition) is 4. The Bertz CT molecular complexity index is 459. The first-order valence-electron chi connectivity index (χ1n) is 6.97. The molecule has 1 heterocycles. The third kappa shape index (κ3) is 2.62. The summed E-state index contributed by atoms with van der Waals surface area (Å²) in [5.41, 5.74) is -0.814. The lowest BCUT2D eigenvalue weighted by atomic mass is 9.87. The van der Waals surface area contributed by atoms with Gasteiger partial charge in [-0.25, -0.2) is 4.68 Å². The van der Waals surface area contributed by atoms with Gasteiger partial charge in [-0.05, 0) is 42.5 Å². The van der Waals surface area contributed by atoms with Crippen molar-refractivity contribution < 1.29 is 9.90 Å². The molecule has 106 valence electrons. The summed E-state index contributed by atoms with van der Waals surface area (Å²) in [6, 6.07) is 0. The van der Waals surface area contributed by atoms with Crippen LogP contribution in [0.25, 0.3) is 0 Å². The van der Waals surface area contributed by atoms with E-state index in [9.17, 15) is 9.90 Å². The average molecular weight is 266 g/mol. The Kier molecular flexibility index (Phi) is 3.87. The van der Waals surface area contributed by atoms with Crippen LogP contribution in [0.3, 0.4) is 0 Å². The second-order valence-corrected chi connectivity index (χ2v) is 5.93. The first-order valence-corrected chi connectivity index (χ1v) is 6.97. The maximum Gasteiger partial charge on any atom is 0.311 e. The van der Waals surface area contributed by atoms with Crippen LogP contribution in [0.15, 0.2) is 0 Å². The molecule has 0 bridgehead atoms. The molecule has 1 aromatic heterocycles.